The molecule has 4 heteroatoms. The van der Waals surface area contributed by atoms with Crippen molar-refractivity contribution in [1.82, 2.24) is 0 Å². The van der Waals surface area contributed by atoms with E-state index in [2.05, 4.69) is 6.58 Å². The first-order valence-electron chi connectivity index (χ1n) is 7.05. The fourth-order valence-corrected chi connectivity index (χ4v) is 1.99. The van der Waals surface area contributed by atoms with Gasteiger partial charge in [0.25, 0.3) is 0 Å². The van der Waals surface area contributed by atoms with Crippen LogP contribution in [-0.2, 0) is 9.53 Å². The van der Waals surface area contributed by atoms with Crippen molar-refractivity contribution < 1.29 is 9.53 Å². The van der Waals surface area contributed by atoms with E-state index >= 15 is 0 Å². The third-order valence-electron chi connectivity index (χ3n) is 2.85. The predicted octanol–water partition coefficient (Wildman–Crippen LogP) is 5.18. The van der Waals surface area contributed by atoms with E-state index in [0.717, 1.165) is 25.7 Å². The lowest BCUT2D eigenvalue weighted by Crippen LogP contribution is -2.05. The number of hydrogen-bond donors (Lipinski definition) is 0. The Balaban J connectivity index is 3.13. The van der Waals surface area contributed by atoms with Gasteiger partial charge in [-0.15, -0.1) is 0 Å². The quantitative estimate of drug-likeness (QED) is 0.163. The molecule has 0 aromatic carbocycles. The SMILES string of the molecule is C=C(C)C(=O)OCCCCCCCCCCC(=S)Cl. The highest BCUT2D eigenvalue weighted by Crippen LogP contribution is 2.11. The fourth-order valence-electron chi connectivity index (χ4n) is 1.71. The maximum Gasteiger partial charge on any atom is 0.333 e. The summed E-state index contributed by atoms with van der Waals surface area (Å²) in [5.41, 5.74) is 0.469. The summed E-state index contributed by atoms with van der Waals surface area (Å²) >= 11 is 10.4. The monoisotopic (exact) mass is 304 g/mol. The molecule has 0 aliphatic rings. The average Bonchev–Trinajstić information content (AvgIpc) is 2.35. The van der Waals surface area contributed by atoms with Crippen LogP contribution in [0.3, 0.4) is 0 Å². The Kier molecular flexibility index (Phi) is 12.3. The van der Waals surface area contributed by atoms with Crippen LogP contribution in [-0.4, -0.2) is 16.9 Å². The number of hydrogen-bond acceptors (Lipinski definition) is 3. The van der Waals surface area contributed by atoms with Gasteiger partial charge in [0.1, 0.15) is 0 Å². The van der Waals surface area contributed by atoms with Gasteiger partial charge in [-0.05, 0) is 26.2 Å². The summed E-state index contributed by atoms with van der Waals surface area (Å²) in [7, 11) is 0. The summed E-state index contributed by atoms with van der Waals surface area (Å²) in [6, 6.07) is 0. The van der Waals surface area contributed by atoms with Crippen LogP contribution in [0.15, 0.2) is 12.2 Å². The van der Waals surface area contributed by atoms with E-state index in [-0.39, 0.29) is 5.97 Å². The lowest BCUT2D eigenvalue weighted by Gasteiger charge is -2.04. The van der Waals surface area contributed by atoms with Gasteiger partial charge >= 0.3 is 5.97 Å². The van der Waals surface area contributed by atoms with Crippen LogP contribution in [0.4, 0.5) is 0 Å². The topological polar surface area (TPSA) is 26.3 Å². The summed E-state index contributed by atoms with van der Waals surface area (Å²) in [6.07, 6.45) is 10.2. The van der Waals surface area contributed by atoms with Crippen molar-refractivity contribution in [3.8, 4) is 0 Å². The Morgan fingerprint density at radius 2 is 1.53 bits per heavy atom. The van der Waals surface area contributed by atoms with E-state index in [4.69, 9.17) is 28.6 Å². The van der Waals surface area contributed by atoms with Crippen molar-refractivity contribution in [2.24, 2.45) is 0 Å². The lowest BCUT2D eigenvalue weighted by atomic mass is 10.1. The van der Waals surface area contributed by atoms with Crippen molar-refractivity contribution >= 4 is 34.1 Å². The highest BCUT2D eigenvalue weighted by molar-refractivity contribution is 7.83. The average molecular weight is 305 g/mol. The number of carbonyl (C=O) groups excluding carboxylic acids is 1. The van der Waals surface area contributed by atoms with Gasteiger partial charge in [-0.2, -0.15) is 0 Å². The summed E-state index contributed by atoms with van der Waals surface area (Å²) in [5.74, 6) is -0.280. The summed E-state index contributed by atoms with van der Waals surface area (Å²) in [4.78, 5) is 11.1. The molecule has 0 fully saturated rings. The standard InChI is InChI=1S/C15H25ClO2S/c1-13(2)15(17)18-12-10-8-6-4-3-5-7-9-11-14(16)19/h1,3-12H2,2H3. The molecular formula is C15H25ClO2S. The van der Waals surface area contributed by atoms with Crippen LogP contribution in [0.2, 0.25) is 0 Å². The van der Waals surface area contributed by atoms with Gasteiger partial charge < -0.3 is 4.74 Å². The molecule has 0 aromatic rings. The summed E-state index contributed by atoms with van der Waals surface area (Å²) in [5, 5.41) is 0. The second-order valence-corrected chi connectivity index (χ2v) is 6.02. The molecule has 19 heavy (non-hydrogen) atoms. The molecule has 0 rings (SSSR count). The first kappa shape index (κ1) is 18.6. The Morgan fingerprint density at radius 1 is 1.05 bits per heavy atom. The first-order valence-corrected chi connectivity index (χ1v) is 7.83. The smallest absolute Gasteiger partial charge is 0.333 e. The Labute approximate surface area is 127 Å². The van der Waals surface area contributed by atoms with E-state index in [9.17, 15) is 4.79 Å². The molecule has 0 saturated carbocycles. The molecule has 110 valence electrons. The number of carbonyl (C=O) groups is 1. The number of rotatable bonds is 12. The van der Waals surface area contributed by atoms with Crippen LogP contribution >= 0.6 is 23.8 Å². The molecule has 0 N–H and O–H groups in total. The van der Waals surface area contributed by atoms with Crippen LogP contribution in [0.25, 0.3) is 0 Å². The molecule has 0 atom stereocenters. The van der Waals surface area contributed by atoms with Gasteiger partial charge in [0, 0.05) is 5.57 Å². The van der Waals surface area contributed by atoms with Crippen LogP contribution in [0.5, 0.6) is 0 Å². The molecule has 0 unspecified atom stereocenters. The Hall–Kier alpha value is -0.410. The number of unbranched alkanes of at least 4 members (excludes halogenated alkanes) is 7. The van der Waals surface area contributed by atoms with E-state index in [1.807, 2.05) is 0 Å². The summed E-state index contributed by atoms with van der Waals surface area (Å²) in [6.45, 7) is 5.72. The molecule has 0 saturated heterocycles. The van der Waals surface area contributed by atoms with Crippen LogP contribution in [0, 0.1) is 0 Å². The highest BCUT2D eigenvalue weighted by Gasteiger charge is 2.01. The van der Waals surface area contributed by atoms with E-state index < -0.39 is 0 Å². The van der Waals surface area contributed by atoms with Gasteiger partial charge in [-0.3, -0.25) is 0 Å². The van der Waals surface area contributed by atoms with Gasteiger partial charge in [0.05, 0.1) is 10.9 Å². The van der Waals surface area contributed by atoms with Gasteiger partial charge in [0.15, 0.2) is 0 Å². The largest absolute Gasteiger partial charge is 0.462 e. The number of thiocarbonyl (C=S) groups is 1. The zero-order valence-electron chi connectivity index (χ0n) is 11.9. The summed E-state index contributed by atoms with van der Waals surface area (Å²) < 4.78 is 5.62. The Bertz CT molecular complexity index is 290. The zero-order valence-corrected chi connectivity index (χ0v) is 13.5. The molecule has 0 aliphatic heterocycles. The maximum absolute atomic E-state index is 11.1. The van der Waals surface area contributed by atoms with E-state index in [1.54, 1.807) is 6.92 Å². The van der Waals surface area contributed by atoms with Gasteiger partial charge in [0.2, 0.25) is 0 Å². The molecule has 0 radical (unpaired) electrons. The third-order valence-corrected chi connectivity index (χ3v) is 3.24. The number of esters is 1. The van der Waals surface area contributed by atoms with Crippen LogP contribution in [0.1, 0.15) is 64.7 Å². The Morgan fingerprint density at radius 3 is 2.00 bits per heavy atom. The highest BCUT2D eigenvalue weighted by atomic mass is 35.5. The molecule has 2 nitrogen and oxygen atoms in total. The zero-order chi connectivity index (χ0) is 14.5. The second kappa shape index (κ2) is 12.6. The van der Waals surface area contributed by atoms with Crippen LogP contribution < -0.4 is 0 Å². The molecule has 0 aromatic heterocycles. The molecule has 0 heterocycles. The fraction of sp³-hybridized carbons (Fsp3) is 0.733. The first-order chi connectivity index (χ1) is 9.04. The normalized spacial score (nSPS) is 10.2. The van der Waals surface area contributed by atoms with E-state index in [1.165, 1.54) is 32.1 Å². The lowest BCUT2D eigenvalue weighted by molar-refractivity contribution is -0.139. The van der Waals surface area contributed by atoms with Crippen molar-refractivity contribution in [2.75, 3.05) is 6.61 Å². The van der Waals surface area contributed by atoms with Gasteiger partial charge in [-0.1, -0.05) is 68.9 Å². The minimum atomic E-state index is -0.280. The molecule has 0 amide bonds. The van der Waals surface area contributed by atoms with E-state index in [0.29, 0.717) is 16.5 Å². The molecule has 0 spiro atoms. The minimum Gasteiger partial charge on any atom is -0.462 e. The molecular weight excluding hydrogens is 280 g/mol. The number of halogens is 1. The predicted molar refractivity (Wildman–Crippen MR) is 85.8 cm³/mol. The van der Waals surface area contributed by atoms with Crippen molar-refractivity contribution in [3.05, 3.63) is 12.2 Å². The van der Waals surface area contributed by atoms with Crippen molar-refractivity contribution in [2.45, 2.75) is 64.7 Å². The third kappa shape index (κ3) is 13.8. The molecule has 0 aliphatic carbocycles. The van der Waals surface area contributed by atoms with Crippen molar-refractivity contribution in [3.63, 3.8) is 0 Å². The second-order valence-electron chi connectivity index (χ2n) is 4.85. The van der Waals surface area contributed by atoms with Gasteiger partial charge in [-0.25, -0.2) is 4.79 Å². The molecule has 0 bridgehead atoms. The number of ether oxygens (including phenoxy) is 1. The maximum atomic E-state index is 11.1. The minimum absolute atomic E-state index is 0.280. The van der Waals surface area contributed by atoms with Crippen molar-refractivity contribution in [1.29, 1.82) is 0 Å².